The molecule has 0 unspecified atom stereocenters. The number of hydrogen-bond acceptors (Lipinski definition) is 6. The fourth-order valence-electron chi connectivity index (χ4n) is 1.39. The zero-order valence-corrected chi connectivity index (χ0v) is 15.7. The van der Waals surface area contributed by atoms with Gasteiger partial charge in [-0.25, -0.2) is 0 Å². The minimum atomic E-state index is -0.485. The molecule has 0 amide bonds. The van der Waals surface area contributed by atoms with Gasteiger partial charge in [-0.15, -0.1) is 0 Å². The first-order valence-electron chi connectivity index (χ1n) is 5.39. The first kappa shape index (κ1) is 15.8. The van der Waals surface area contributed by atoms with Crippen molar-refractivity contribution in [2.75, 3.05) is 27.4 Å². The van der Waals surface area contributed by atoms with E-state index in [4.69, 9.17) is 18.9 Å². The van der Waals surface area contributed by atoms with Gasteiger partial charge in [-0.2, -0.15) is 0 Å². The quantitative estimate of drug-likeness (QED) is 0.357. The summed E-state index contributed by atoms with van der Waals surface area (Å²) in [5.41, 5.74) is 0. The number of carbonyl (C=O) groups is 2. The average Bonchev–Trinajstić information content (AvgIpc) is 2.91. The molecular formula is C11H10O6Se3. The predicted molar refractivity (Wildman–Crippen MR) is 72.3 cm³/mol. The molecule has 0 bridgehead atoms. The molecule has 6 nitrogen and oxygen atoms in total. The normalized spacial score (nSPS) is 18.6. The number of methoxy groups -OCH3 is 2. The maximum atomic E-state index is 11.8. The Balaban J connectivity index is 2.33. The van der Waals surface area contributed by atoms with Crippen molar-refractivity contribution in [2.45, 2.75) is 0 Å². The van der Waals surface area contributed by atoms with Gasteiger partial charge in [0.25, 0.3) is 0 Å². The molecule has 0 aromatic rings. The van der Waals surface area contributed by atoms with E-state index >= 15 is 0 Å². The molecule has 0 aromatic carbocycles. The van der Waals surface area contributed by atoms with Crippen LogP contribution in [-0.4, -0.2) is 89.5 Å². The first-order valence-corrected chi connectivity index (χ1v) is 9.67. The maximum absolute atomic E-state index is 11.8. The Morgan fingerprint density at radius 2 is 1.55 bits per heavy atom. The van der Waals surface area contributed by atoms with Gasteiger partial charge in [-0.3, -0.25) is 0 Å². The van der Waals surface area contributed by atoms with Gasteiger partial charge in [0.1, 0.15) is 0 Å². The third-order valence-electron chi connectivity index (χ3n) is 2.27. The molecule has 2 aliphatic heterocycles. The molecule has 1 fully saturated rings. The molecule has 0 spiro atoms. The molecule has 0 N–H and O–H groups in total. The first-order chi connectivity index (χ1) is 9.58. The van der Waals surface area contributed by atoms with Crippen LogP contribution in [0.4, 0.5) is 0 Å². The number of carbonyl (C=O) groups excluding carboxylic acids is 2. The zero-order valence-electron chi connectivity index (χ0n) is 10.6. The van der Waals surface area contributed by atoms with E-state index in [9.17, 15) is 9.59 Å². The monoisotopic (exact) mass is 478 g/mol. The number of rotatable bonds is 2. The van der Waals surface area contributed by atoms with Crippen LogP contribution in [0.15, 0.2) is 18.1 Å². The second-order valence-electron chi connectivity index (χ2n) is 3.45. The van der Waals surface area contributed by atoms with Gasteiger partial charge in [-0.05, 0) is 0 Å². The Bertz CT molecular complexity index is 506. The van der Waals surface area contributed by atoms with E-state index in [1.54, 1.807) is 0 Å². The van der Waals surface area contributed by atoms with E-state index in [0.717, 1.165) is 3.37 Å². The summed E-state index contributed by atoms with van der Waals surface area (Å²) < 4.78 is 22.7. The zero-order chi connectivity index (χ0) is 14.7. The molecule has 9 heteroatoms. The molecule has 0 radical (unpaired) electrons. The van der Waals surface area contributed by atoms with Crippen molar-refractivity contribution in [1.82, 2.24) is 0 Å². The van der Waals surface area contributed by atoms with Gasteiger partial charge < -0.3 is 0 Å². The molecule has 1 saturated heterocycles. The molecular weight excluding hydrogens is 465 g/mol. The van der Waals surface area contributed by atoms with Gasteiger partial charge in [0.15, 0.2) is 0 Å². The number of ether oxygens (including phenoxy) is 4. The van der Waals surface area contributed by atoms with Gasteiger partial charge in [-0.1, -0.05) is 0 Å². The van der Waals surface area contributed by atoms with Crippen molar-refractivity contribution >= 4 is 62.0 Å². The van der Waals surface area contributed by atoms with Gasteiger partial charge in [0, 0.05) is 0 Å². The number of hydrogen-bond donors (Lipinski definition) is 0. The Kier molecular flexibility index (Phi) is 5.49. The van der Waals surface area contributed by atoms with Crippen LogP contribution in [0.3, 0.4) is 0 Å². The van der Waals surface area contributed by atoms with E-state index in [0.29, 0.717) is 32.5 Å². The van der Waals surface area contributed by atoms with Crippen LogP contribution in [0.5, 0.6) is 0 Å². The predicted octanol–water partition coefficient (Wildman–Crippen LogP) is -1.52. The Labute approximate surface area is 135 Å². The fourth-order valence-corrected chi connectivity index (χ4v) is 9.07. The van der Waals surface area contributed by atoms with E-state index in [1.165, 1.54) is 14.2 Å². The van der Waals surface area contributed by atoms with E-state index < -0.39 is 11.9 Å². The molecule has 20 heavy (non-hydrogen) atoms. The summed E-state index contributed by atoms with van der Waals surface area (Å²) in [5, 5.41) is 0. The summed E-state index contributed by atoms with van der Waals surface area (Å²) >= 11 is 2.17. The third kappa shape index (κ3) is 3.19. The summed E-state index contributed by atoms with van der Waals surface area (Å²) in [4.78, 5) is 23.6. The standard InChI is InChI=1S/C11H10O6Se3/c1-14-8(12)6-7(9(13)15-2)20-11(19-6)5-10(18)17-4-3-16-5/h3-4H2,1-2H3. The van der Waals surface area contributed by atoms with Crippen LogP contribution in [0, 0.1) is 0 Å². The van der Waals surface area contributed by atoms with Crippen LogP contribution in [0.1, 0.15) is 0 Å². The fraction of sp³-hybridized carbons (Fsp3) is 0.364. The molecule has 2 aliphatic rings. The molecule has 2 heterocycles. The molecule has 0 aromatic heterocycles. The molecule has 0 saturated carbocycles. The second kappa shape index (κ2) is 6.94. The van der Waals surface area contributed by atoms with Gasteiger partial charge in [0.05, 0.1) is 0 Å². The van der Waals surface area contributed by atoms with E-state index in [-0.39, 0.29) is 29.9 Å². The van der Waals surface area contributed by atoms with Crippen LogP contribution in [0.2, 0.25) is 0 Å². The SMILES string of the molecule is COC(=O)C1=C(C(=O)OC)[Se]C(=C2OCCOC2=[Se])[Se]1. The summed E-state index contributed by atoms with van der Waals surface area (Å²) in [5.74, 6) is -0.348. The Morgan fingerprint density at radius 3 is 2.00 bits per heavy atom. The van der Waals surface area contributed by atoms with Crippen molar-refractivity contribution in [3.8, 4) is 0 Å². The van der Waals surface area contributed by atoms with Gasteiger partial charge in [0.2, 0.25) is 0 Å². The van der Waals surface area contributed by atoms with Crippen molar-refractivity contribution in [3.63, 3.8) is 0 Å². The summed E-state index contributed by atoms with van der Waals surface area (Å²) in [6.07, 6.45) is 0. The van der Waals surface area contributed by atoms with Crippen molar-refractivity contribution < 1.29 is 28.5 Å². The van der Waals surface area contributed by atoms with Crippen LogP contribution in [0.25, 0.3) is 0 Å². The van der Waals surface area contributed by atoms with Crippen LogP contribution < -0.4 is 0 Å². The number of esters is 2. The van der Waals surface area contributed by atoms with E-state index in [1.807, 2.05) is 0 Å². The van der Waals surface area contributed by atoms with Crippen molar-refractivity contribution in [3.05, 3.63) is 18.1 Å². The van der Waals surface area contributed by atoms with Crippen LogP contribution in [-0.2, 0) is 28.5 Å². The summed E-state index contributed by atoms with van der Waals surface area (Å²) in [6, 6.07) is 0. The Morgan fingerprint density at radius 1 is 1.05 bits per heavy atom. The minimum absolute atomic E-state index is 0.318. The third-order valence-corrected chi connectivity index (χ3v) is 9.35. The average molecular weight is 475 g/mol. The molecule has 0 atom stereocenters. The Hall–Kier alpha value is -0.552. The topological polar surface area (TPSA) is 71.1 Å². The molecule has 0 aliphatic carbocycles. The second-order valence-corrected chi connectivity index (χ2v) is 9.82. The molecule has 108 valence electrons. The van der Waals surface area contributed by atoms with Crippen LogP contribution >= 0.6 is 0 Å². The molecule has 2 rings (SSSR count). The van der Waals surface area contributed by atoms with Gasteiger partial charge >= 0.3 is 136 Å². The summed E-state index contributed by atoms with van der Waals surface area (Å²) in [6.45, 7) is 0.942. The van der Waals surface area contributed by atoms with Crippen molar-refractivity contribution in [1.29, 1.82) is 0 Å². The summed E-state index contributed by atoms with van der Waals surface area (Å²) in [7, 11) is 2.59. The van der Waals surface area contributed by atoms with Crippen molar-refractivity contribution in [2.24, 2.45) is 0 Å². The van der Waals surface area contributed by atoms with E-state index in [2.05, 4.69) is 15.6 Å².